The number of benzene rings is 1. The average molecular weight is 314 g/mol. The van der Waals surface area contributed by atoms with Crippen LogP contribution < -0.4 is 0 Å². The van der Waals surface area contributed by atoms with Gasteiger partial charge in [-0.3, -0.25) is 4.79 Å². The van der Waals surface area contributed by atoms with Crippen molar-refractivity contribution < 1.29 is 9.18 Å². The quantitative estimate of drug-likeness (QED) is 0.786. The Bertz CT molecular complexity index is 407. The molecule has 1 amide bonds. The summed E-state index contributed by atoms with van der Waals surface area (Å²) in [6.07, 6.45) is 2.63. The number of halogens is 2. The van der Waals surface area contributed by atoms with Gasteiger partial charge in [-0.15, -0.1) is 0 Å². The maximum Gasteiger partial charge on any atom is 0.226 e. The van der Waals surface area contributed by atoms with Gasteiger partial charge in [0, 0.05) is 18.4 Å². The minimum Gasteiger partial charge on any atom is -0.342 e. The molecule has 2 nitrogen and oxygen atoms in total. The molecule has 1 fully saturated rings. The third-order valence-electron chi connectivity index (χ3n) is 3.36. The fourth-order valence-corrected chi connectivity index (χ4v) is 2.83. The molecule has 18 heavy (non-hydrogen) atoms. The van der Waals surface area contributed by atoms with E-state index < -0.39 is 0 Å². The fraction of sp³-hybridized carbons (Fsp3) is 0.500. The van der Waals surface area contributed by atoms with E-state index in [1.807, 2.05) is 4.90 Å². The van der Waals surface area contributed by atoms with Gasteiger partial charge in [0.05, 0.1) is 6.42 Å². The first-order valence-corrected chi connectivity index (χ1v) is 7.39. The Balaban J connectivity index is 1.93. The van der Waals surface area contributed by atoms with Gasteiger partial charge in [0.25, 0.3) is 0 Å². The molecule has 1 aromatic carbocycles. The lowest BCUT2D eigenvalue weighted by Gasteiger charge is -2.32. The van der Waals surface area contributed by atoms with E-state index >= 15 is 0 Å². The molecule has 4 heteroatoms. The van der Waals surface area contributed by atoms with Crippen LogP contribution in [0.4, 0.5) is 4.39 Å². The first kappa shape index (κ1) is 13.5. The molecule has 0 bridgehead atoms. The van der Waals surface area contributed by atoms with Crippen LogP contribution in [0, 0.1) is 11.7 Å². The number of carbonyl (C=O) groups is 1. The van der Waals surface area contributed by atoms with Crippen LogP contribution in [0.3, 0.4) is 0 Å². The molecule has 1 saturated heterocycles. The summed E-state index contributed by atoms with van der Waals surface area (Å²) in [6, 6.07) is 6.17. The second-order valence-corrected chi connectivity index (χ2v) is 5.45. The predicted octanol–water partition coefficient (Wildman–Crippen LogP) is 3.00. The van der Waals surface area contributed by atoms with Crippen molar-refractivity contribution in [2.24, 2.45) is 5.92 Å². The molecule has 1 heterocycles. The average Bonchev–Trinajstić information content (AvgIpc) is 2.41. The highest BCUT2D eigenvalue weighted by Gasteiger charge is 2.22. The van der Waals surface area contributed by atoms with Crippen LogP contribution in [0.25, 0.3) is 0 Å². The molecular weight excluding hydrogens is 297 g/mol. The van der Waals surface area contributed by atoms with Gasteiger partial charge in [0.1, 0.15) is 5.82 Å². The Kier molecular flexibility index (Phi) is 4.75. The fourth-order valence-electron chi connectivity index (χ4n) is 2.31. The van der Waals surface area contributed by atoms with Crippen molar-refractivity contribution in [2.75, 3.05) is 18.4 Å². The van der Waals surface area contributed by atoms with Gasteiger partial charge in [-0.2, -0.15) is 0 Å². The Morgan fingerprint density at radius 2 is 2.11 bits per heavy atom. The Hall–Kier alpha value is -0.900. The van der Waals surface area contributed by atoms with Crippen molar-refractivity contribution in [2.45, 2.75) is 19.3 Å². The zero-order valence-electron chi connectivity index (χ0n) is 10.2. The standard InChI is InChI=1S/C14H17BrFNO/c15-9-12-2-1-7-17(10-12)14(18)8-11-3-5-13(16)6-4-11/h3-6,12H,1-2,7-10H2. The van der Waals surface area contributed by atoms with E-state index in [1.54, 1.807) is 12.1 Å². The predicted molar refractivity (Wildman–Crippen MR) is 73.2 cm³/mol. The van der Waals surface area contributed by atoms with E-state index in [-0.39, 0.29) is 11.7 Å². The van der Waals surface area contributed by atoms with E-state index in [2.05, 4.69) is 15.9 Å². The Labute approximate surface area is 115 Å². The molecule has 2 rings (SSSR count). The molecule has 0 aromatic heterocycles. The van der Waals surface area contributed by atoms with Gasteiger partial charge in [-0.1, -0.05) is 28.1 Å². The molecule has 1 aromatic rings. The van der Waals surface area contributed by atoms with Gasteiger partial charge in [-0.25, -0.2) is 4.39 Å². The van der Waals surface area contributed by atoms with Crippen LogP contribution in [-0.2, 0) is 11.2 Å². The molecule has 0 aliphatic carbocycles. The van der Waals surface area contributed by atoms with Crippen LogP contribution in [0.5, 0.6) is 0 Å². The van der Waals surface area contributed by atoms with E-state index in [0.29, 0.717) is 12.3 Å². The van der Waals surface area contributed by atoms with Crippen molar-refractivity contribution in [1.82, 2.24) is 4.90 Å². The largest absolute Gasteiger partial charge is 0.342 e. The highest BCUT2D eigenvalue weighted by Crippen LogP contribution is 2.19. The lowest BCUT2D eigenvalue weighted by atomic mass is 9.99. The molecule has 1 atom stereocenters. The third-order valence-corrected chi connectivity index (χ3v) is 4.27. The second kappa shape index (κ2) is 6.32. The number of piperidine rings is 1. The SMILES string of the molecule is O=C(Cc1ccc(F)cc1)N1CCCC(CBr)C1. The Morgan fingerprint density at radius 3 is 2.78 bits per heavy atom. The minimum atomic E-state index is -0.261. The number of amides is 1. The molecule has 1 unspecified atom stereocenters. The van der Waals surface area contributed by atoms with Gasteiger partial charge < -0.3 is 4.90 Å². The zero-order chi connectivity index (χ0) is 13.0. The summed E-state index contributed by atoms with van der Waals surface area (Å²) in [6.45, 7) is 1.69. The molecule has 98 valence electrons. The summed E-state index contributed by atoms with van der Waals surface area (Å²) in [7, 11) is 0. The van der Waals surface area contributed by atoms with Crippen molar-refractivity contribution in [1.29, 1.82) is 0 Å². The lowest BCUT2D eigenvalue weighted by Crippen LogP contribution is -2.41. The number of hydrogen-bond acceptors (Lipinski definition) is 1. The highest BCUT2D eigenvalue weighted by atomic mass is 79.9. The number of carbonyl (C=O) groups excluding carboxylic acids is 1. The highest BCUT2D eigenvalue weighted by molar-refractivity contribution is 9.09. The number of hydrogen-bond donors (Lipinski definition) is 0. The van der Waals surface area contributed by atoms with Gasteiger partial charge in [0.2, 0.25) is 5.91 Å². The molecule has 0 radical (unpaired) electrons. The first-order chi connectivity index (χ1) is 8.69. The van der Waals surface area contributed by atoms with E-state index in [9.17, 15) is 9.18 Å². The molecule has 0 spiro atoms. The van der Waals surface area contributed by atoms with Gasteiger partial charge >= 0.3 is 0 Å². The lowest BCUT2D eigenvalue weighted by molar-refractivity contribution is -0.132. The Morgan fingerprint density at radius 1 is 1.39 bits per heavy atom. The van der Waals surface area contributed by atoms with Crippen LogP contribution >= 0.6 is 15.9 Å². The summed E-state index contributed by atoms with van der Waals surface area (Å²) in [5.74, 6) is 0.451. The van der Waals surface area contributed by atoms with Crippen molar-refractivity contribution in [3.05, 3.63) is 35.6 Å². The molecule has 0 saturated carbocycles. The van der Waals surface area contributed by atoms with Crippen molar-refractivity contribution in [3.63, 3.8) is 0 Å². The third kappa shape index (κ3) is 3.55. The molecule has 0 N–H and O–H groups in total. The number of alkyl halides is 1. The zero-order valence-corrected chi connectivity index (χ0v) is 11.8. The van der Waals surface area contributed by atoms with E-state index in [0.717, 1.165) is 30.4 Å². The van der Waals surface area contributed by atoms with Crippen molar-refractivity contribution >= 4 is 21.8 Å². The van der Waals surface area contributed by atoms with Crippen LogP contribution in [0.1, 0.15) is 18.4 Å². The first-order valence-electron chi connectivity index (χ1n) is 6.27. The maximum absolute atomic E-state index is 12.8. The second-order valence-electron chi connectivity index (χ2n) is 4.81. The van der Waals surface area contributed by atoms with Crippen LogP contribution in [0.15, 0.2) is 24.3 Å². The topological polar surface area (TPSA) is 20.3 Å². The summed E-state index contributed by atoms with van der Waals surface area (Å²) >= 11 is 3.48. The molecule has 1 aliphatic rings. The van der Waals surface area contributed by atoms with E-state index in [4.69, 9.17) is 0 Å². The smallest absolute Gasteiger partial charge is 0.226 e. The van der Waals surface area contributed by atoms with Crippen molar-refractivity contribution in [3.8, 4) is 0 Å². The molecule has 1 aliphatic heterocycles. The number of nitrogens with zero attached hydrogens (tertiary/aromatic N) is 1. The summed E-state index contributed by atoms with van der Waals surface area (Å²) in [5.41, 5.74) is 0.877. The molecular formula is C14H17BrFNO. The normalized spacial score (nSPS) is 19.9. The monoisotopic (exact) mass is 313 g/mol. The van der Waals surface area contributed by atoms with Gasteiger partial charge in [0.15, 0.2) is 0 Å². The summed E-state index contributed by atoms with van der Waals surface area (Å²) in [4.78, 5) is 14.1. The minimum absolute atomic E-state index is 0.146. The van der Waals surface area contributed by atoms with Gasteiger partial charge in [-0.05, 0) is 36.5 Å². The summed E-state index contributed by atoms with van der Waals surface area (Å²) in [5, 5.41) is 0.952. The number of likely N-dealkylation sites (tertiary alicyclic amines) is 1. The van der Waals surface area contributed by atoms with Crippen LogP contribution in [-0.4, -0.2) is 29.2 Å². The van der Waals surface area contributed by atoms with Crippen LogP contribution in [0.2, 0.25) is 0 Å². The summed E-state index contributed by atoms with van der Waals surface area (Å²) < 4.78 is 12.8. The number of rotatable bonds is 3. The van der Waals surface area contributed by atoms with E-state index in [1.165, 1.54) is 18.6 Å². The maximum atomic E-state index is 12.8.